The van der Waals surface area contributed by atoms with Crippen LogP contribution in [-0.2, 0) is 11.3 Å². The van der Waals surface area contributed by atoms with Gasteiger partial charge in [0.05, 0.1) is 11.7 Å². The van der Waals surface area contributed by atoms with Gasteiger partial charge in [0.1, 0.15) is 0 Å². The monoisotopic (exact) mass is 357 g/mol. The van der Waals surface area contributed by atoms with Crippen LogP contribution in [0.25, 0.3) is 0 Å². The third-order valence-electron chi connectivity index (χ3n) is 6.56. The lowest BCUT2D eigenvalue weighted by molar-refractivity contribution is -0.130. The van der Waals surface area contributed by atoms with Gasteiger partial charge in [0.25, 0.3) is 0 Å². The summed E-state index contributed by atoms with van der Waals surface area (Å²) in [5, 5.41) is 0. The fraction of sp³-hybridized carbons (Fsp3) is 0.727. The third kappa shape index (κ3) is 4.48. The minimum atomic E-state index is 0.125. The zero-order chi connectivity index (χ0) is 18.0. The van der Waals surface area contributed by atoms with Crippen molar-refractivity contribution in [1.29, 1.82) is 0 Å². The molecule has 2 atom stereocenters. The first kappa shape index (κ1) is 18.4. The molecular formula is C22H35N3O. The summed E-state index contributed by atoms with van der Waals surface area (Å²) in [5.41, 5.74) is 2.90. The zero-order valence-corrected chi connectivity index (χ0v) is 16.6. The Morgan fingerprint density at radius 3 is 2.54 bits per heavy atom. The maximum atomic E-state index is 6.75. The molecule has 0 aromatic heterocycles. The fourth-order valence-electron chi connectivity index (χ4n) is 4.88. The number of hydrogen-bond acceptors (Lipinski definition) is 4. The third-order valence-corrected chi connectivity index (χ3v) is 6.56. The van der Waals surface area contributed by atoms with Crippen LogP contribution in [0.4, 0.5) is 0 Å². The SMILES string of the molecule is Cc1ccc(CN2CC[C@]3(CCC[C@@H](CN4CCN(C)CC4)O3)C2)cc1. The first-order chi connectivity index (χ1) is 12.6. The summed E-state index contributed by atoms with van der Waals surface area (Å²) in [6.45, 7) is 11.4. The second kappa shape index (κ2) is 7.97. The molecule has 1 spiro atoms. The lowest BCUT2D eigenvalue weighted by Crippen LogP contribution is -2.51. The van der Waals surface area contributed by atoms with Gasteiger partial charge in [-0.3, -0.25) is 9.80 Å². The number of hydrogen-bond donors (Lipinski definition) is 0. The van der Waals surface area contributed by atoms with Crippen LogP contribution in [0.3, 0.4) is 0 Å². The summed E-state index contributed by atoms with van der Waals surface area (Å²) in [6.07, 6.45) is 5.46. The van der Waals surface area contributed by atoms with E-state index < -0.39 is 0 Å². The topological polar surface area (TPSA) is 19.0 Å². The lowest BCUT2D eigenvalue weighted by Gasteiger charge is -2.42. The first-order valence-electron chi connectivity index (χ1n) is 10.5. The summed E-state index contributed by atoms with van der Waals surface area (Å²) >= 11 is 0. The van der Waals surface area contributed by atoms with Crippen LogP contribution in [0, 0.1) is 6.92 Å². The van der Waals surface area contributed by atoms with E-state index in [0.29, 0.717) is 6.10 Å². The zero-order valence-electron chi connectivity index (χ0n) is 16.6. The molecule has 4 rings (SSSR count). The van der Waals surface area contributed by atoms with Gasteiger partial charge in [0.15, 0.2) is 0 Å². The van der Waals surface area contributed by atoms with E-state index in [1.165, 1.54) is 69.5 Å². The summed E-state index contributed by atoms with van der Waals surface area (Å²) in [7, 11) is 2.23. The van der Waals surface area contributed by atoms with Crippen molar-refractivity contribution in [1.82, 2.24) is 14.7 Å². The Morgan fingerprint density at radius 1 is 1.00 bits per heavy atom. The van der Waals surface area contributed by atoms with Crippen LogP contribution < -0.4 is 0 Å². The van der Waals surface area contributed by atoms with Crippen LogP contribution in [0.1, 0.15) is 36.8 Å². The second-order valence-corrected chi connectivity index (χ2v) is 8.87. The molecule has 0 bridgehead atoms. The van der Waals surface area contributed by atoms with Crippen LogP contribution >= 0.6 is 0 Å². The molecule has 0 unspecified atom stereocenters. The molecule has 3 saturated heterocycles. The summed E-state index contributed by atoms with van der Waals surface area (Å²) in [5.74, 6) is 0. The number of nitrogens with zero attached hydrogens (tertiary/aromatic N) is 3. The fourth-order valence-corrected chi connectivity index (χ4v) is 4.88. The van der Waals surface area contributed by atoms with Gasteiger partial charge in [-0.25, -0.2) is 0 Å². The van der Waals surface area contributed by atoms with Crippen LogP contribution in [-0.4, -0.2) is 79.3 Å². The van der Waals surface area contributed by atoms with Crippen molar-refractivity contribution >= 4 is 0 Å². The van der Waals surface area contributed by atoms with E-state index in [9.17, 15) is 0 Å². The number of aryl methyl sites for hydroxylation is 1. The van der Waals surface area contributed by atoms with Crippen molar-refractivity contribution in [2.24, 2.45) is 0 Å². The highest BCUT2D eigenvalue weighted by Crippen LogP contribution is 2.37. The molecule has 3 heterocycles. The van der Waals surface area contributed by atoms with Gasteiger partial charge in [-0.15, -0.1) is 0 Å². The predicted octanol–water partition coefficient (Wildman–Crippen LogP) is 2.76. The molecule has 0 aliphatic carbocycles. The smallest absolute Gasteiger partial charge is 0.0825 e. The normalized spacial score (nSPS) is 31.7. The highest BCUT2D eigenvalue weighted by Gasteiger charge is 2.43. The standard InChI is InChI=1S/C22H35N3O/c1-19-5-7-20(8-6-19)16-25-11-10-22(18-25)9-3-4-21(26-22)17-24-14-12-23(2)13-15-24/h5-8,21H,3-4,9-18H2,1-2H3/t21-,22+/m0/s1. The molecule has 4 heteroatoms. The van der Waals surface area contributed by atoms with E-state index in [1.807, 2.05) is 0 Å². The minimum absolute atomic E-state index is 0.125. The minimum Gasteiger partial charge on any atom is -0.369 e. The largest absolute Gasteiger partial charge is 0.369 e. The second-order valence-electron chi connectivity index (χ2n) is 8.87. The van der Waals surface area contributed by atoms with E-state index in [-0.39, 0.29) is 5.60 Å². The Labute approximate surface area is 159 Å². The van der Waals surface area contributed by atoms with Gasteiger partial charge in [-0.05, 0) is 45.2 Å². The molecule has 1 aromatic rings. The molecule has 3 aliphatic rings. The Hall–Kier alpha value is -0.940. The Balaban J connectivity index is 1.30. The van der Waals surface area contributed by atoms with Crippen molar-refractivity contribution in [2.45, 2.75) is 50.9 Å². The molecule has 144 valence electrons. The predicted molar refractivity (Wildman–Crippen MR) is 106 cm³/mol. The van der Waals surface area contributed by atoms with Gasteiger partial charge in [-0.2, -0.15) is 0 Å². The van der Waals surface area contributed by atoms with E-state index >= 15 is 0 Å². The number of likely N-dealkylation sites (N-methyl/N-ethyl adjacent to an activating group) is 1. The molecule has 0 N–H and O–H groups in total. The van der Waals surface area contributed by atoms with Gasteiger partial charge >= 0.3 is 0 Å². The van der Waals surface area contributed by atoms with E-state index in [4.69, 9.17) is 4.74 Å². The molecule has 1 aromatic carbocycles. The quantitative estimate of drug-likeness (QED) is 0.825. The summed E-state index contributed by atoms with van der Waals surface area (Å²) in [6, 6.07) is 9.01. The average molecular weight is 358 g/mol. The lowest BCUT2D eigenvalue weighted by atomic mass is 9.90. The van der Waals surface area contributed by atoms with E-state index in [0.717, 1.165) is 19.6 Å². The van der Waals surface area contributed by atoms with Crippen molar-refractivity contribution in [3.63, 3.8) is 0 Å². The van der Waals surface area contributed by atoms with Gasteiger partial charge < -0.3 is 9.64 Å². The van der Waals surface area contributed by atoms with Crippen LogP contribution in [0.5, 0.6) is 0 Å². The van der Waals surface area contributed by atoms with Gasteiger partial charge in [0.2, 0.25) is 0 Å². The Kier molecular flexibility index (Phi) is 5.65. The highest BCUT2D eigenvalue weighted by molar-refractivity contribution is 5.21. The van der Waals surface area contributed by atoms with Crippen molar-refractivity contribution < 1.29 is 4.74 Å². The van der Waals surface area contributed by atoms with Crippen molar-refractivity contribution in [3.8, 4) is 0 Å². The molecule has 26 heavy (non-hydrogen) atoms. The molecule has 3 aliphatic heterocycles. The average Bonchev–Trinajstić information content (AvgIpc) is 3.01. The maximum absolute atomic E-state index is 6.75. The number of likely N-dealkylation sites (tertiary alicyclic amines) is 1. The number of ether oxygens (including phenoxy) is 1. The Morgan fingerprint density at radius 2 is 1.77 bits per heavy atom. The van der Waals surface area contributed by atoms with Gasteiger partial charge in [-0.1, -0.05) is 29.8 Å². The molecule has 4 nitrogen and oxygen atoms in total. The molecule has 0 saturated carbocycles. The first-order valence-corrected chi connectivity index (χ1v) is 10.5. The summed E-state index contributed by atoms with van der Waals surface area (Å²) < 4.78 is 6.75. The van der Waals surface area contributed by atoms with Crippen molar-refractivity contribution in [2.75, 3.05) is 52.9 Å². The van der Waals surface area contributed by atoms with Gasteiger partial charge in [0, 0.05) is 52.4 Å². The van der Waals surface area contributed by atoms with E-state index in [1.54, 1.807) is 0 Å². The number of rotatable bonds is 4. The molecule has 0 radical (unpaired) electrons. The maximum Gasteiger partial charge on any atom is 0.0825 e. The molecular weight excluding hydrogens is 322 g/mol. The number of piperazine rings is 1. The van der Waals surface area contributed by atoms with E-state index in [2.05, 4.69) is 52.9 Å². The molecule has 3 fully saturated rings. The van der Waals surface area contributed by atoms with Crippen molar-refractivity contribution in [3.05, 3.63) is 35.4 Å². The Bertz CT molecular complexity index is 582. The molecule has 0 amide bonds. The summed E-state index contributed by atoms with van der Waals surface area (Å²) in [4.78, 5) is 7.64. The van der Waals surface area contributed by atoms with Crippen LogP contribution in [0.15, 0.2) is 24.3 Å². The number of benzene rings is 1. The highest BCUT2D eigenvalue weighted by atomic mass is 16.5. The van der Waals surface area contributed by atoms with Crippen LogP contribution in [0.2, 0.25) is 0 Å².